The van der Waals surface area contributed by atoms with Crippen LogP contribution in [0.4, 0.5) is 18.9 Å². The fourth-order valence-electron chi connectivity index (χ4n) is 5.36. The van der Waals surface area contributed by atoms with Crippen LogP contribution < -0.4 is 14.8 Å². The number of methoxy groups -OCH3 is 1. The molecule has 0 bridgehead atoms. The molecule has 2 aromatic carbocycles. The summed E-state index contributed by atoms with van der Waals surface area (Å²) in [5.74, 6) is -0.280. The van der Waals surface area contributed by atoms with Crippen molar-refractivity contribution in [3.8, 4) is 11.5 Å². The summed E-state index contributed by atoms with van der Waals surface area (Å²) in [4.78, 5) is 30.2. The van der Waals surface area contributed by atoms with Crippen molar-refractivity contribution in [2.75, 3.05) is 45.8 Å². The maximum atomic E-state index is 14.2. The zero-order chi connectivity index (χ0) is 33.9. The summed E-state index contributed by atoms with van der Waals surface area (Å²) in [5.41, 5.74) is 1.45. The Kier molecular flexibility index (Phi) is 14.1. The Morgan fingerprint density at radius 3 is 2.54 bits per heavy atom. The number of aliphatic hydroxyl groups is 1. The van der Waals surface area contributed by atoms with E-state index in [1.807, 2.05) is 45.2 Å². The van der Waals surface area contributed by atoms with Gasteiger partial charge in [-0.2, -0.15) is 13.2 Å². The minimum atomic E-state index is -4.46. The van der Waals surface area contributed by atoms with E-state index in [9.17, 15) is 27.9 Å². The maximum absolute atomic E-state index is 14.2. The number of anilines is 1. The number of nitrogens with one attached hydrogen (secondary N) is 1. The van der Waals surface area contributed by atoms with Gasteiger partial charge in [-0.1, -0.05) is 19.1 Å². The molecule has 3 rings (SSSR count). The lowest BCUT2D eigenvalue weighted by Crippen LogP contribution is -2.47. The molecule has 0 unspecified atom stereocenters. The smallest absolute Gasteiger partial charge is 0.389 e. The summed E-state index contributed by atoms with van der Waals surface area (Å²) in [6.07, 6.45) is -4.53. The summed E-state index contributed by atoms with van der Waals surface area (Å²) >= 11 is 0. The fraction of sp³-hybridized carbons (Fsp3) is 0.588. The lowest BCUT2D eigenvalue weighted by Gasteiger charge is -2.36. The molecule has 46 heavy (non-hydrogen) atoms. The van der Waals surface area contributed by atoms with E-state index in [0.29, 0.717) is 31.9 Å². The second kappa shape index (κ2) is 17.5. The molecule has 4 atom stereocenters. The van der Waals surface area contributed by atoms with E-state index in [-0.39, 0.29) is 42.5 Å². The molecule has 2 aromatic rings. The molecule has 9 nitrogen and oxygen atoms in total. The Labute approximate surface area is 270 Å². The third-order valence-electron chi connectivity index (χ3n) is 8.07. The van der Waals surface area contributed by atoms with E-state index in [2.05, 4.69) is 10.2 Å². The number of nitrogens with zero attached hydrogens (tertiary/aromatic N) is 2. The number of carbonyl (C=O) groups excluding carboxylic acids is 2. The predicted molar refractivity (Wildman–Crippen MR) is 170 cm³/mol. The van der Waals surface area contributed by atoms with Gasteiger partial charge in [0.05, 0.1) is 44.0 Å². The van der Waals surface area contributed by atoms with Crippen LogP contribution >= 0.6 is 0 Å². The second-order valence-corrected chi connectivity index (χ2v) is 12.2. The summed E-state index contributed by atoms with van der Waals surface area (Å²) in [7, 11) is 3.65. The third-order valence-corrected chi connectivity index (χ3v) is 8.07. The first-order valence-electron chi connectivity index (χ1n) is 15.8. The summed E-state index contributed by atoms with van der Waals surface area (Å²) < 4.78 is 55.8. The van der Waals surface area contributed by atoms with E-state index in [4.69, 9.17) is 14.2 Å². The van der Waals surface area contributed by atoms with E-state index in [0.717, 1.165) is 24.2 Å². The minimum absolute atomic E-state index is 0.132. The van der Waals surface area contributed by atoms with Gasteiger partial charge in [0.2, 0.25) is 5.91 Å². The molecule has 256 valence electrons. The van der Waals surface area contributed by atoms with Gasteiger partial charge in [-0.15, -0.1) is 0 Å². The molecule has 1 heterocycles. The van der Waals surface area contributed by atoms with Crippen LogP contribution in [-0.4, -0.2) is 91.6 Å². The second-order valence-electron chi connectivity index (χ2n) is 12.2. The molecule has 1 aliphatic rings. The molecule has 0 spiro atoms. The molecule has 1 aliphatic heterocycles. The largest absolute Gasteiger partial charge is 0.497 e. The van der Waals surface area contributed by atoms with Gasteiger partial charge in [-0.25, -0.2) is 0 Å². The zero-order valence-corrected chi connectivity index (χ0v) is 27.4. The highest BCUT2D eigenvalue weighted by Crippen LogP contribution is 2.29. The van der Waals surface area contributed by atoms with Crippen LogP contribution in [0.2, 0.25) is 0 Å². The Bertz CT molecular complexity index is 1260. The van der Waals surface area contributed by atoms with Crippen LogP contribution in [0.15, 0.2) is 42.5 Å². The maximum Gasteiger partial charge on any atom is 0.389 e. The van der Waals surface area contributed by atoms with Gasteiger partial charge >= 0.3 is 6.18 Å². The number of hydrogen-bond donors (Lipinski definition) is 2. The monoisotopic (exact) mass is 651 g/mol. The average Bonchev–Trinajstić information content (AvgIpc) is 3.01. The molecule has 2 N–H and O–H groups in total. The quantitative estimate of drug-likeness (QED) is 0.330. The molecule has 0 radical (unpaired) electrons. The summed E-state index contributed by atoms with van der Waals surface area (Å²) in [6.45, 7) is 7.47. The normalized spacial score (nSPS) is 20.8. The number of ether oxygens (including phenoxy) is 3. The van der Waals surface area contributed by atoms with Gasteiger partial charge in [0.1, 0.15) is 11.5 Å². The summed E-state index contributed by atoms with van der Waals surface area (Å²) in [6, 6.07) is 11.8. The molecular formula is C34H48F3N3O6. The van der Waals surface area contributed by atoms with Crippen molar-refractivity contribution in [3.05, 3.63) is 53.6 Å². The van der Waals surface area contributed by atoms with Crippen LogP contribution in [0.3, 0.4) is 0 Å². The highest BCUT2D eigenvalue weighted by atomic mass is 19.4. The van der Waals surface area contributed by atoms with E-state index in [1.165, 1.54) is 12.1 Å². The number of rotatable bonds is 10. The first-order chi connectivity index (χ1) is 21.8. The highest BCUT2D eigenvalue weighted by molar-refractivity contribution is 5.99. The molecule has 0 aliphatic carbocycles. The van der Waals surface area contributed by atoms with Crippen molar-refractivity contribution >= 4 is 17.5 Å². The standard InChI is InChI=1S/C34H48F3N3O6/c1-23-19-40(24(2)22-41)33(43)29-18-27(38-32(42)15-16-34(35,36)37)11-14-30(29)46-25(3)8-6-7-17-45-31(23)21-39(4)20-26-9-12-28(44-5)13-10-26/h9-14,18,23-25,31,41H,6-8,15-17,19-22H2,1-5H3,(H,38,42)/t23-,24+,25+,31+/m0/s1. The van der Waals surface area contributed by atoms with E-state index in [1.54, 1.807) is 25.0 Å². The van der Waals surface area contributed by atoms with Crippen LogP contribution in [0.5, 0.6) is 11.5 Å². The van der Waals surface area contributed by atoms with Crippen LogP contribution in [0, 0.1) is 5.92 Å². The number of carbonyl (C=O) groups is 2. The molecule has 2 amide bonds. The Balaban J connectivity index is 1.87. The van der Waals surface area contributed by atoms with Gasteiger partial charge in [0.25, 0.3) is 5.91 Å². The van der Waals surface area contributed by atoms with Crippen molar-refractivity contribution in [2.45, 2.75) is 83.8 Å². The number of hydrogen-bond acceptors (Lipinski definition) is 7. The molecular weight excluding hydrogens is 603 g/mol. The van der Waals surface area contributed by atoms with Crippen LogP contribution in [0.25, 0.3) is 0 Å². The van der Waals surface area contributed by atoms with Gasteiger partial charge in [-0.05, 0) is 76.1 Å². The number of alkyl halides is 3. The SMILES string of the molecule is COc1ccc(CN(C)C[C@H]2OCCCC[C@@H](C)Oc3ccc(NC(=O)CCC(F)(F)F)cc3C(=O)N([C@H](C)CO)C[C@@H]2C)cc1. The van der Waals surface area contributed by atoms with Crippen molar-refractivity contribution in [1.82, 2.24) is 9.80 Å². The summed E-state index contributed by atoms with van der Waals surface area (Å²) in [5, 5.41) is 12.6. The molecule has 0 saturated heterocycles. The Morgan fingerprint density at radius 1 is 1.17 bits per heavy atom. The third kappa shape index (κ3) is 11.8. The number of fused-ring (bicyclic) bond motifs is 1. The van der Waals surface area contributed by atoms with Crippen molar-refractivity contribution in [3.63, 3.8) is 0 Å². The number of aliphatic hydroxyl groups excluding tert-OH is 1. The van der Waals surface area contributed by atoms with Gasteiger partial charge < -0.3 is 29.5 Å². The van der Waals surface area contributed by atoms with Crippen molar-refractivity contribution in [2.24, 2.45) is 5.92 Å². The van der Waals surface area contributed by atoms with Crippen molar-refractivity contribution < 1.29 is 42.1 Å². The van der Waals surface area contributed by atoms with E-state index >= 15 is 0 Å². The zero-order valence-electron chi connectivity index (χ0n) is 27.4. The van der Waals surface area contributed by atoms with Gasteiger partial charge in [-0.3, -0.25) is 14.5 Å². The molecule has 12 heteroatoms. The predicted octanol–water partition coefficient (Wildman–Crippen LogP) is 5.90. The lowest BCUT2D eigenvalue weighted by molar-refractivity contribution is -0.142. The highest BCUT2D eigenvalue weighted by Gasteiger charge is 2.31. The average molecular weight is 652 g/mol. The van der Waals surface area contributed by atoms with Gasteiger partial charge in [0.15, 0.2) is 0 Å². The number of amides is 2. The Hall–Kier alpha value is -3.35. The number of halogens is 3. The van der Waals surface area contributed by atoms with Crippen LogP contribution in [0.1, 0.15) is 68.8 Å². The first kappa shape index (κ1) is 37.1. The first-order valence-corrected chi connectivity index (χ1v) is 15.8. The lowest BCUT2D eigenvalue weighted by atomic mass is 10.0. The molecule has 0 fully saturated rings. The topological polar surface area (TPSA) is 101 Å². The Morgan fingerprint density at radius 2 is 1.89 bits per heavy atom. The van der Waals surface area contributed by atoms with E-state index < -0.39 is 36.9 Å². The minimum Gasteiger partial charge on any atom is -0.497 e. The molecule has 0 saturated carbocycles. The number of benzene rings is 2. The fourth-order valence-corrected chi connectivity index (χ4v) is 5.36. The van der Waals surface area contributed by atoms with Crippen LogP contribution in [-0.2, 0) is 16.1 Å². The molecule has 0 aromatic heterocycles. The van der Waals surface area contributed by atoms with Crippen molar-refractivity contribution in [1.29, 1.82) is 0 Å². The number of likely N-dealkylation sites (N-methyl/N-ethyl adjacent to an activating group) is 1. The van der Waals surface area contributed by atoms with Gasteiger partial charge in [0, 0.05) is 44.3 Å².